The SMILES string of the molecule is COc1ccccc1-c1ccc2[nH]c3cc(C(C)C(=O)O)ccc3c2c1. The Bertz CT molecular complexity index is 1130. The van der Waals surface area contributed by atoms with Crippen molar-refractivity contribution in [2.75, 3.05) is 7.11 Å². The Morgan fingerprint density at radius 2 is 1.81 bits per heavy atom. The minimum absolute atomic E-state index is 0.532. The highest BCUT2D eigenvalue weighted by Crippen LogP contribution is 2.35. The topological polar surface area (TPSA) is 62.3 Å². The van der Waals surface area contributed by atoms with Crippen molar-refractivity contribution in [2.24, 2.45) is 0 Å². The first-order valence-corrected chi connectivity index (χ1v) is 8.50. The third-order valence-corrected chi connectivity index (χ3v) is 4.91. The van der Waals surface area contributed by atoms with Crippen molar-refractivity contribution in [1.82, 2.24) is 4.98 Å². The number of nitrogens with one attached hydrogen (secondary N) is 1. The number of hydrogen-bond acceptors (Lipinski definition) is 2. The number of aromatic nitrogens is 1. The summed E-state index contributed by atoms with van der Waals surface area (Å²) in [6.45, 7) is 1.70. The van der Waals surface area contributed by atoms with Gasteiger partial charge in [0.25, 0.3) is 0 Å². The number of ether oxygens (including phenoxy) is 1. The van der Waals surface area contributed by atoms with Crippen LogP contribution in [0.1, 0.15) is 18.4 Å². The van der Waals surface area contributed by atoms with Crippen molar-refractivity contribution in [3.8, 4) is 16.9 Å². The Kier molecular flexibility index (Phi) is 3.88. The van der Waals surface area contributed by atoms with Crippen LogP contribution in [0.2, 0.25) is 0 Å². The molecular formula is C22H19NO3. The van der Waals surface area contributed by atoms with E-state index in [4.69, 9.17) is 4.74 Å². The van der Waals surface area contributed by atoms with Gasteiger partial charge in [0.1, 0.15) is 5.75 Å². The van der Waals surface area contributed by atoms with Gasteiger partial charge in [0.2, 0.25) is 0 Å². The van der Waals surface area contributed by atoms with Gasteiger partial charge in [-0.05, 0) is 42.3 Å². The smallest absolute Gasteiger partial charge is 0.310 e. The van der Waals surface area contributed by atoms with Crippen LogP contribution in [-0.4, -0.2) is 23.2 Å². The first-order valence-electron chi connectivity index (χ1n) is 8.50. The highest BCUT2D eigenvalue weighted by atomic mass is 16.5. The van der Waals surface area contributed by atoms with E-state index in [9.17, 15) is 9.90 Å². The van der Waals surface area contributed by atoms with Gasteiger partial charge < -0.3 is 14.8 Å². The van der Waals surface area contributed by atoms with Crippen LogP contribution >= 0.6 is 0 Å². The summed E-state index contributed by atoms with van der Waals surface area (Å²) in [4.78, 5) is 14.6. The van der Waals surface area contributed by atoms with Gasteiger partial charge >= 0.3 is 5.97 Å². The molecule has 0 saturated heterocycles. The molecule has 0 spiro atoms. The maximum absolute atomic E-state index is 11.2. The molecule has 0 radical (unpaired) electrons. The molecule has 1 unspecified atom stereocenters. The van der Waals surface area contributed by atoms with Gasteiger partial charge in [0, 0.05) is 27.4 Å². The number of para-hydroxylation sites is 1. The first-order chi connectivity index (χ1) is 12.6. The number of aromatic amines is 1. The zero-order chi connectivity index (χ0) is 18.3. The molecule has 26 heavy (non-hydrogen) atoms. The number of benzene rings is 3. The van der Waals surface area contributed by atoms with Crippen LogP contribution in [0, 0.1) is 0 Å². The molecule has 0 aliphatic carbocycles. The molecule has 0 amide bonds. The van der Waals surface area contributed by atoms with Crippen LogP contribution in [0.4, 0.5) is 0 Å². The van der Waals surface area contributed by atoms with Gasteiger partial charge in [-0.1, -0.05) is 36.4 Å². The average molecular weight is 345 g/mol. The Morgan fingerprint density at radius 1 is 1.00 bits per heavy atom. The molecule has 4 aromatic rings. The zero-order valence-electron chi connectivity index (χ0n) is 14.6. The minimum Gasteiger partial charge on any atom is -0.496 e. The van der Waals surface area contributed by atoms with Crippen molar-refractivity contribution >= 4 is 27.8 Å². The zero-order valence-corrected chi connectivity index (χ0v) is 14.6. The lowest BCUT2D eigenvalue weighted by molar-refractivity contribution is -0.138. The Labute approximate surface area is 151 Å². The summed E-state index contributed by atoms with van der Waals surface area (Å²) < 4.78 is 5.48. The molecule has 0 aliphatic heterocycles. The van der Waals surface area contributed by atoms with E-state index >= 15 is 0 Å². The Morgan fingerprint density at radius 3 is 2.58 bits per heavy atom. The fraction of sp³-hybridized carbons (Fsp3) is 0.136. The number of carbonyl (C=O) groups is 1. The molecule has 1 atom stereocenters. The monoisotopic (exact) mass is 345 g/mol. The number of methoxy groups -OCH3 is 1. The lowest BCUT2D eigenvalue weighted by atomic mass is 9.98. The quantitative estimate of drug-likeness (QED) is 0.535. The van der Waals surface area contributed by atoms with Crippen LogP contribution < -0.4 is 4.74 Å². The van der Waals surface area contributed by atoms with Gasteiger partial charge in [0.05, 0.1) is 13.0 Å². The largest absolute Gasteiger partial charge is 0.496 e. The van der Waals surface area contributed by atoms with E-state index in [0.717, 1.165) is 44.2 Å². The molecule has 1 heterocycles. The predicted octanol–water partition coefficient (Wildman–Crippen LogP) is 5.18. The first kappa shape index (κ1) is 16.2. The van der Waals surface area contributed by atoms with Crippen LogP contribution in [0.3, 0.4) is 0 Å². The predicted molar refractivity (Wildman–Crippen MR) is 104 cm³/mol. The van der Waals surface area contributed by atoms with Gasteiger partial charge in [-0.15, -0.1) is 0 Å². The van der Waals surface area contributed by atoms with Crippen LogP contribution in [0.25, 0.3) is 32.9 Å². The highest BCUT2D eigenvalue weighted by Gasteiger charge is 2.15. The average Bonchev–Trinajstić information content (AvgIpc) is 3.04. The third-order valence-electron chi connectivity index (χ3n) is 4.91. The summed E-state index contributed by atoms with van der Waals surface area (Å²) in [6, 6.07) is 20.0. The van der Waals surface area contributed by atoms with Gasteiger partial charge in [-0.3, -0.25) is 4.79 Å². The molecule has 4 nitrogen and oxygen atoms in total. The Hall–Kier alpha value is -3.27. The van der Waals surface area contributed by atoms with Crippen molar-refractivity contribution < 1.29 is 14.6 Å². The second kappa shape index (κ2) is 6.23. The number of aliphatic carboxylic acids is 1. The molecule has 0 aliphatic rings. The number of carboxylic acids is 1. The molecular weight excluding hydrogens is 326 g/mol. The second-order valence-corrected chi connectivity index (χ2v) is 6.45. The standard InChI is InChI=1S/C22H19NO3/c1-13(22(24)25)14-7-9-17-18-11-15(8-10-19(18)23-20(17)12-14)16-5-3-4-6-21(16)26-2/h3-13,23H,1-2H3,(H,24,25). The molecule has 1 aromatic heterocycles. The third kappa shape index (κ3) is 2.60. The molecule has 2 N–H and O–H groups in total. The summed E-state index contributed by atoms with van der Waals surface area (Å²) in [6.07, 6.45) is 0. The fourth-order valence-electron chi connectivity index (χ4n) is 3.38. The normalized spacial score (nSPS) is 12.4. The van der Waals surface area contributed by atoms with E-state index in [1.807, 2.05) is 42.5 Å². The van der Waals surface area contributed by atoms with E-state index in [2.05, 4.69) is 23.2 Å². The summed E-state index contributed by atoms with van der Waals surface area (Å²) >= 11 is 0. The maximum Gasteiger partial charge on any atom is 0.310 e. The lowest BCUT2D eigenvalue weighted by Gasteiger charge is -2.08. The van der Waals surface area contributed by atoms with Crippen molar-refractivity contribution in [1.29, 1.82) is 0 Å². The molecule has 130 valence electrons. The van der Waals surface area contributed by atoms with Crippen molar-refractivity contribution in [3.05, 3.63) is 66.2 Å². The number of hydrogen-bond donors (Lipinski definition) is 2. The van der Waals surface area contributed by atoms with Gasteiger partial charge in [-0.25, -0.2) is 0 Å². The van der Waals surface area contributed by atoms with E-state index in [-0.39, 0.29) is 0 Å². The molecule has 0 bridgehead atoms. The number of fused-ring (bicyclic) bond motifs is 3. The van der Waals surface area contributed by atoms with Gasteiger partial charge in [-0.2, -0.15) is 0 Å². The molecule has 4 heteroatoms. The fourth-order valence-corrected chi connectivity index (χ4v) is 3.38. The van der Waals surface area contributed by atoms with E-state index < -0.39 is 11.9 Å². The van der Waals surface area contributed by atoms with Crippen LogP contribution in [0.15, 0.2) is 60.7 Å². The van der Waals surface area contributed by atoms with E-state index in [1.165, 1.54) is 0 Å². The summed E-state index contributed by atoms with van der Waals surface area (Å²) in [5.41, 5.74) is 4.89. The molecule has 0 fully saturated rings. The van der Waals surface area contributed by atoms with E-state index in [0.29, 0.717) is 0 Å². The number of carboxylic acid groups (broad SMARTS) is 1. The number of H-pyrrole nitrogens is 1. The summed E-state index contributed by atoms with van der Waals surface area (Å²) in [7, 11) is 1.67. The maximum atomic E-state index is 11.2. The Balaban J connectivity index is 1.88. The van der Waals surface area contributed by atoms with Crippen molar-refractivity contribution in [3.63, 3.8) is 0 Å². The molecule has 3 aromatic carbocycles. The molecule has 0 saturated carbocycles. The van der Waals surface area contributed by atoms with E-state index in [1.54, 1.807) is 14.0 Å². The second-order valence-electron chi connectivity index (χ2n) is 6.45. The van der Waals surface area contributed by atoms with Crippen LogP contribution in [-0.2, 0) is 4.79 Å². The lowest BCUT2D eigenvalue weighted by Crippen LogP contribution is -2.06. The number of rotatable bonds is 4. The summed E-state index contributed by atoms with van der Waals surface area (Å²) in [5, 5.41) is 11.4. The van der Waals surface area contributed by atoms with Crippen LogP contribution in [0.5, 0.6) is 5.75 Å². The van der Waals surface area contributed by atoms with Crippen molar-refractivity contribution in [2.45, 2.75) is 12.8 Å². The highest BCUT2D eigenvalue weighted by molar-refractivity contribution is 6.09. The summed E-state index contributed by atoms with van der Waals surface area (Å²) in [5.74, 6) is -0.516. The molecule has 4 rings (SSSR count). The van der Waals surface area contributed by atoms with Gasteiger partial charge in [0.15, 0.2) is 0 Å². The minimum atomic E-state index is -0.820.